The molecule has 1 heterocycles. The Hall–Kier alpha value is -0.683. The number of rotatable bonds is 5. The third-order valence-corrected chi connectivity index (χ3v) is 10.2. The van der Waals surface area contributed by atoms with Gasteiger partial charge in [0.1, 0.15) is 11.9 Å². The van der Waals surface area contributed by atoms with E-state index >= 15 is 0 Å². The first-order valence-electron chi connectivity index (χ1n) is 8.66. The molecule has 0 aromatic heterocycles. The molecule has 0 radical (unpaired) electrons. The SMILES string of the molecule is CC(=O)[C@@H](C)C[C@@H]1OC(=O)[C@H](C)[C@H](O[Si](C)(C)C(C)(C)C)[C@H]1C. The first-order chi connectivity index (χ1) is 10.3. The highest BCUT2D eigenvalue weighted by Crippen LogP contribution is 2.41. The summed E-state index contributed by atoms with van der Waals surface area (Å²) >= 11 is 0. The maximum atomic E-state index is 12.3. The molecule has 1 aliphatic heterocycles. The summed E-state index contributed by atoms with van der Waals surface area (Å²) in [5, 5.41) is 0.0932. The molecule has 0 bridgehead atoms. The van der Waals surface area contributed by atoms with Gasteiger partial charge in [0, 0.05) is 11.8 Å². The average molecular weight is 343 g/mol. The van der Waals surface area contributed by atoms with Crippen LogP contribution in [0.4, 0.5) is 0 Å². The number of carbonyl (C=O) groups excluding carboxylic acids is 2. The Morgan fingerprint density at radius 3 is 2.26 bits per heavy atom. The predicted octanol–water partition coefficient (Wildman–Crippen LogP) is 4.19. The van der Waals surface area contributed by atoms with Gasteiger partial charge >= 0.3 is 5.97 Å². The van der Waals surface area contributed by atoms with Crippen LogP contribution in [-0.4, -0.2) is 32.3 Å². The number of ether oxygens (including phenoxy) is 1. The number of hydrogen-bond acceptors (Lipinski definition) is 4. The summed E-state index contributed by atoms with van der Waals surface area (Å²) in [6.07, 6.45) is 0.195. The van der Waals surface area contributed by atoms with E-state index in [-0.39, 0.29) is 46.8 Å². The van der Waals surface area contributed by atoms with Gasteiger partial charge in [-0.15, -0.1) is 0 Å². The second kappa shape index (κ2) is 7.05. The van der Waals surface area contributed by atoms with Crippen LogP contribution in [0.15, 0.2) is 0 Å². The van der Waals surface area contributed by atoms with Crippen molar-refractivity contribution >= 4 is 20.1 Å². The standard InChI is InChI=1S/C18H34O4Si/c1-11(14(4)19)10-15-12(2)16(13(3)17(20)21-15)22-23(8,9)18(5,6)7/h11-13,15-16H,10H2,1-9H3/t11-,12-,13+,15-,16+/m0/s1. The molecule has 5 atom stereocenters. The van der Waals surface area contributed by atoms with E-state index in [0.29, 0.717) is 6.42 Å². The summed E-state index contributed by atoms with van der Waals surface area (Å²) in [4.78, 5) is 23.8. The van der Waals surface area contributed by atoms with Gasteiger partial charge in [0.15, 0.2) is 8.32 Å². The van der Waals surface area contributed by atoms with E-state index in [9.17, 15) is 9.59 Å². The molecule has 1 saturated heterocycles. The van der Waals surface area contributed by atoms with Crippen LogP contribution in [0.1, 0.15) is 54.9 Å². The van der Waals surface area contributed by atoms with Crippen molar-refractivity contribution in [3.8, 4) is 0 Å². The number of Topliss-reactive ketones (excluding diaryl/α,β-unsaturated/α-hetero) is 1. The van der Waals surface area contributed by atoms with E-state index in [0.717, 1.165) is 0 Å². The number of cyclic esters (lactones) is 1. The van der Waals surface area contributed by atoms with Gasteiger partial charge in [0.05, 0.1) is 12.0 Å². The van der Waals surface area contributed by atoms with Gasteiger partial charge in [-0.25, -0.2) is 0 Å². The summed E-state index contributed by atoms with van der Waals surface area (Å²) < 4.78 is 12.2. The van der Waals surface area contributed by atoms with Crippen molar-refractivity contribution in [1.29, 1.82) is 0 Å². The molecule has 1 aliphatic rings. The maximum absolute atomic E-state index is 12.3. The maximum Gasteiger partial charge on any atom is 0.311 e. The lowest BCUT2D eigenvalue weighted by Crippen LogP contribution is -2.54. The molecule has 0 unspecified atom stereocenters. The molecule has 0 spiro atoms. The van der Waals surface area contributed by atoms with Crippen molar-refractivity contribution in [3.63, 3.8) is 0 Å². The summed E-state index contributed by atoms with van der Waals surface area (Å²) in [5.41, 5.74) is 0. The van der Waals surface area contributed by atoms with Gasteiger partial charge in [0.2, 0.25) is 0 Å². The van der Waals surface area contributed by atoms with Crippen molar-refractivity contribution in [2.45, 2.75) is 85.2 Å². The van der Waals surface area contributed by atoms with E-state index in [1.807, 2.05) is 13.8 Å². The Morgan fingerprint density at radius 2 is 1.83 bits per heavy atom. The van der Waals surface area contributed by atoms with Crippen molar-refractivity contribution in [2.24, 2.45) is 17.8 Å². The molecule has 0 N–H and O–H groups in total. The van der Waals surface area contributed by atoms with Crippen LogP contribution in [0, 0.1) is 17.8 Å². The van der Waals surface area contributed by atoms with Crippen LogP contribution in [0.25, 0.3) is 0 Å². The van der Waals surface area contributed by atoms with Crippen LogP contribution in [0.3, 0.4) is 0 Å². The number of hydrogen-bond donors (Lipinski definition) is 0. The average Bonchev–Trinajstić information content (AvgIpc) is 2.39. The minimum Gasteiger partial charge on any atom is -0.462 e. The molecular weight excluding hydrogens is 308 g/mol. The summed E-state index contributed by atoms with van der Waals surface area (Å²) in [5.74, 6) is -0.333. The van der Waals surface area contributed by atoms with E-state index in [1.54, 1.807) is 6.92 Å². The van der Waals surface area contributed by atoms with E-state index in [4.69, 9.17) is 9.16 Å². The van der Waals surface area contributed by atoms with Gasteiger partial charge in [-0.3, -0.25) is 9.59 Å². The van der Waals surface area contributed by atoms with Gasteiger partial charge in [-0.05, 0) is 38.4 Å². The zero-order chi connectivity index (χ0) is 18.2. The van der Waals surface area contributed by atoms with Gasteiger partial charge < -0.3 is 9.16 Å². The summed E-state index contributed by atoms with van der Waals surface area (Å²) in [6, 6.07) is 0. The minimum atomic E-state index is -1.97. The molecule has 23 heavy (non-hydrogen) atoms. The fourth-order valence-corrected chi connectivity index (χ4v) is 4.12. The van der Waals surface area contributed by atoms with Crippen LogP contribution >= 0.6 is 0 Å². The van der Waals surface area contributed by atoms with Crippen molar-refractivity contribution in [2.75, 3.05) is 0 Å². The largest absolute Gasteiger partial charge is 0.462 e. The van der Waals surface area contributed by atoms with Gasteiger partial charge in [0.25, 0.3) is 0 Å². The third-order valence-electron chi connectivity index (χ3n) is 5.75. The Kier molecular flexibility index (Phi) is 6.25. The lowest BCUT2D eigenvalue weighted by molar-refractivity contribution is -0.177. The molecule has 5 heteroatoms. The molecule has 134 valence electrons. The topological polar surface area (TPSA) is 52.6 Å². The molecular formula is C18H34O4Si. The smallest absolute Gasteiger partial charge is 0.311 e. The molecule has 0 aromatic carbocycles. The van der Waals surface area contributed by atoms with Gasteiger partial charge in [-0.1, -0.05) is 34.6 Å². The number of carbonyl (C=O) groups is 2. The molecule has 1 fully saturated rings. The van der Waals surface area contributed by atoms with Crippen LogP contribution < -0.4 is 0 Å². The predicted molar refractivity (Wildman–Crippen MR) is 94.7 cm³/mol. The third kappa shape index (κ3) is 4.66. The molecule has 0 aromatic rings. The molecule has 1 rings (SSSR count). The van der Waals surface area contributed by atoms with Crippen molar-refractivity contribution < 1.29 is 18.8 Å². The highest BCUT2D eigenvalue weighted by atomic mass is 28.4. The fraction of sp³-hybridized carbons (Fsp3) is 0.889. The number of esters is 1. The zero-order valence-electron chi connectivity index (χ0n) is 16.2. The number of ketones is 1. The van der Waals surface area contributed by atoms with E-state index < -0.39 is 8.32 Å². The Labute approximate surface area is 142 Å². The fourth-order valence-electron chi connectivity index (χ4n) is 2.67. The normalized spacial score (nSPS) is 30.7. The van der Waals surface area contributed by atoms with E-state index in [2.05, 4.69) is 40.8 Å². The highest BCUT2D eigenvalue weighted by Gasteiger charge is 2.47. The Morgan fingerprint density at radius 1 is 1.30 bits per heavy atom. The van der Waals surface area contributed by atoms with Gasteiger partial charge in [-0.2, -0.15) is 0 Å². The van der Waals surface area contributed by atoms with E-state index in [1.165, 1.54) is 0 Å². The first-order valence-corrected chi connectivity index (χ1v) is 11.6. The van der Waals surface area contributed by atoms with Crippen LogP contribution in [0.2, 0.25) is 18.1 Å². The minimum absolute atomic E-state index is 0.0932. The highest BCUT2D eigenvalue weighted by molar-refractivity contribution is 6.74. The lowest BCUT2D eigenvalue weighted by atomic mass is 9.82. The second-order valence-electron chi connectivity index (χ2n) is 8.71. The summed E-state index contributed by atoms with van der Waals surface area (Å²) in [6.45, 7) is 18.5. The monoisotopic (exact) mass is 342 g/mol. The second-order valence-corrected chi connectivity index (χ2v) is 13.5. The molecule has 4 nitrogen and oxygen atoms in total. The van der Waals surface area contributed by atoms with Crippen LogP contribution in [0.5, 0.6) is 0 Å². The Balaban J connectivity index is 2.96. The molecule has 0 saturated carbocycles. The molecule has 0 amide bonds. The zero-order valence-corrected chi connectivity index (χ0v) is 17.2. The summed E-state index contributed by atoms with van der Waals surface area (Å²) in [7, 11) is -1.97. The Bertz CT molecular complexity index is 452. The van der Waals surface area contributed by atoms with Crippen molar-refractivity contribution in [1.82, 2.24) is 0 Å². The first kappa shape index (κ1) is 20.4. The lowest BCUT2D eigenvalue weighted by Gasteiger charge is -2.46. The quantitative estimate of drug-likeness (QED) is 0.555. The van der Waals surface area contributed by atoms with Crippen LogP contribution in [-0.2, 0) is 18.8 Å². The molecule has 0 aliphatic carbocycles. The van der Waals surface area contributed by atoms with Crippen molar-refractivity contribution in [3.05, 3.63) is 0 Å².